The molecule has 4 aromatic carbocycles. The number of esters is 2. The zero-order valence-corrected chi connectivity index (χ0v) is 34.3. The summed E-state index contributed by atoms with van der Waals surface area (Å²) in [5, 5.41) is 0. The lowest BCUT2D eigenvalue weighted by Gasteiger charge is -2.13. The Morgan fingerprint density at radius 3 is 1.40 bits per heavy atom. The number of ether oxygens (including phenoxy) is 4. The molecule has 4 aromatic rings. The molecule has 0 saturated heterocycles. The second kappa shape index (κ2) is 23.7. The van der Waals surface area contributed by atoms with Crippen LogP contribution in [-0.2, 0) is 4.79 Å². The molecule has 0 spiro atoms. The number of fused-ring (bicyclic) bond motifs is 1. The van der Waals surface area contributed by atoms with Crippen molar-refractivity contribution in [2.45, 2.75) is 117 Å². The topological polar surface area (TPSA) is 108 Å². The zero-order valence-electron chi connectivity index (χ0n) is 34.3. The monoisotopic (exact) mass is 789 g/mol. The molecule has 9 heteroatoms. The minimum Gasteiger partial charge on any atom is -0.494 e. The van der Waals surface area contributed by atoms with E-state index in [9.17, 15) is 19.2 Å². The van der Waals surface area contributed by atoms with E-state index in [1.165, 1.54) is 102 Å². The van der Waals surface area contributed by atoms with Crippen molar-refractivity contribution in [2.24, 2.45) is 0 Å². The average molecular weight is 790 g/mol. The number of imide groups is 1. The Balaban J connectivity index is 1.03. The van der Waals surface area contributed by atoms with Crippen LogP contribution in [-0.4, -0.2) is 48.4 Å². The molecule has 0 aliphatic carbocycles. The van der Waals surface area contributed by atoms with Gasteiger partial charge >= 0.3 is 11.9 Å². The summed E-state index contributed by atoms with van der Waals surface area (Å²) >= 11 is 0. The molecule has 9 nitrogen and oxygen atoms in total. The smallest absolute Gasteiger partial charge is 0.343 e. The van der Waals surface area contributed by atoms with Gasteiger partial charge in [0.1, 0.15) is 29.5 Å². The molecule has 1 heterocycles. The number of hydrogen-bond donors (Lipinski definition) is 0. The van der Waals surface area contributed by atoms with Crippen LogP contribution in [0.2, 0.25) is 0 Å². The molecule has 0 atom stereocenters. The predicted octanol–water partition coefficient (Wildman–Crippen LogP) is 11.8. The van der Waals surface area contributed by atoms with Crippen LogP contribution in [0.25, 0.3) is 11.1 Å². The van der Waals surface area contributed by atoms with Crippen LogP contribution in [0, 0.1) is 0 Å². The van der Waals surface area contributed by atoms with Gasteiger partial charge in [0, 0.05) is 0 Å². The first kappa shape index (κ1) is 43.7. The molecule has 5 rings (SSSR count). The summed E-state index contributed by atoms with van der Waals surface area (Å²) in [6.45, 7) is 5.21. The maximum absolute atomic E-state index is 13.2. The Labute approximate surface area is 344 Å². The lowest BCUT2D eigenvalue weighted by atomic mass is 10.1. The first-order valence-corrected chi connectivity index (χ1v) is 21.4. The summed E-state index contributed by atoms with van der Waals surface area (Å²) < 4.78 is 22.8. The summed E-state index contributed by atoms with van der Waals surface area (Å²) in [4.78, 5) is 53.0. The molecule has 0 fully saturated rings. The van der Waals surface area contributed by atoms with Gasteiger partial charge < -0.3 is 18.9 Å². The molecular formula is C49H59NO8. The maximum Gasteiger partial charge on any atom is 0.343 e. The van der Waals surface area contributed by atoms with E-state index in [-0.39, 0.29) is 22.4 Å². The van der Waals surface area contributed by atoms with E-state index < -0.39 is 30.3 Å². The van der Waals surface area contributed by atoms with Gasteiger partial charge in [-0.1, -0.05) is 128 Å². The standard InChI is InChI=1S/C49H59NO8/c1-3-5-7-9-11-13-15-17-33-55-40-24-19-37(20-25-40)38-21-26-43(27-22-38)58-49(54)39-23-32-44-45(35-39)48(53)50(47(44)52)36-46(51)57-42-30-28-41(29-31-42)56-34-18-16-14-12-10-8-6-4-2/h19-32,35H,3-18,33-34,36H2,1-2H3. The van der Waals surface area contributed by atoms with Crippen molar-refractivity contribution in [3.8, 4) is 34.1 Å². The fourth-order valence-electron chi connectivity index (χ4n) is 6.93. The highest BCUT2D eigenvalue weighted by molar-refractivity contribution is 6.22. The van der Waals surface area contributed by atoms with Crippen LogP contribution in [0.1, 0.15) is 148 Å². The van der Waals surface area contributed by atoms with Crippen LogP contribution >= 0.6 is 0 Å². The summed E-state index contributed by atoms with van der Waals surface area (Å²) in [6, 6.07) is 25.9. The fraction of sp³-hybridized carbons (Fsp3) is 0.429. The third-order valence-corrected chi connectivity index (χ3v) is 10.3. The van der Waals surface area contributed by atoms with Crippen molar-refractivity contribution in [3.05, 3.63) is 108 Å². The summed E-state index contributed by atoms with van der Waals surface area (Å²) in [5.74, 6) is -0.678. The Morgan fingerprint density at radius 1 is 0.466 bits per heavy atom. The number of amides is 2. The van der Waals surface area contributed by atoms with Gasteiger partial charge in [0.05, 0.1) is 29.9 Å². The molecule has 0 N–H and O–H groups in total. The van der Waals surface area contributed by atoms with Gasteiger partial charge in [-0.25, -0.2) is 9.59 Å². The first-order valence-electron chi connectivity index (χ1n) is 21.4. The SMILES string of the molecule is CCCCCCCCCCOc1ccc(OC(=O)CN2C(=O)c3ccc(C(=O)Oc4ccc(-c5ccc(OCCCCCCCCCC)cc5)cc4)cc3C2=O)cc1. The van der Waals surface area contributed by atoms with Crippen LogP contribution in [0.15, 0.2) is 91.0 Å². The largest absolute Gasteiger partial charge is 0.494 e. The Kier molecular flexibility index (Phi) is 17.9. The minimum atomic E-state index is -0.774. The van der Waals surface area contributed by atoms with Crippen molar-refractivity contribution >= 4 is 23.8 Å². The third-order valence-electron chi connectivity index (χ3n) is 10.3. The Bertz CT molecular complexity index is 1900. The van der Waals surface area contributed by atoms with Crippen molar-refractivity contribution in [1.29, 1.82) is 0 Å². The van der Waals surface area contributed by atoms with Gasteiger partial charge in [-0.3, -0.25) is 14.5 Å². The molecule has 0 radical (unpaired) electrons. The van der Waals surface area contributed by atoms with Crippen molar-refractivity contribution < 1.29 is 38.1 Å². The van der Waals surface area contributed by atoms with Crippen LogP contribution in [0.4, 0.5) is 0 Å². The molecule has 1 aliphatic rings. The van der Waals surface area contributed by atoms with Gasteiger partial charge in [-0.2, -0.15) is 0 Å². The van der Waals surface area contributed by atoms with Crippen molar-refractivity contribution in [2.75, 3.05) is 19.8 Å². The molecule has 0 unspecified atom stereocenters. The van der Waals surface area contributed by atoms with Crippen molar-refractivity contribution in [3.63, 3.8) is 0 Å². The van der Waals surface area contributed by atoms with Crippen LogP contribution < -0.4 is 18.9 Å². The number of hydrogen-bond acceptors (Lipinski definition) is 8. The number of benzene rings is 4. The molecule has 308 valence electrons. The summed E-state index contributed by atoms with van der Waals surface area (Å²) in [7, 11) is 0. The fourth-order valence-corrected chi connectivity index (χ4v) is 6.93. The molecule has 2 amide bonds. The van der Waals surface area contributed by atoms with Gasteiger partial charge in [0.25, 0.3) is 11.8 Å². The second-order valence-electron chi connectivity index (χ2n) is 15.0. The number of nitrogens with zero attached hydrogens (tertiary/aromatic N) is 1. The van der Waals surface area contributed by atoms with Crippen LogP contribution in [0.3, 0.4) is 0 Å². The van der Waals surface area contributed by atoms with E-state index in [0.717, 1.165) is 41.0 Å². The third kappa shape index (κ3) is 13.6. The van der Waals surface area contributed by atoms with E-state index in [1.807, 2.05) is 36.4 Å². The first-order chi connectivity index (χ1) is 28.4. The average Bonchev–Trinajstić information content (AvgIpc) is 3.47. The highest BCUT2D eigenvalue weighted by atomic mass is 16.5. The minimum absolute atomic E-state index is 0.0193. The molecule has 0 saturated carbocycles. The van der Waals surface area contributed by atoms with Gasteiger partial charge in [-0.05, 0) is 90.7 Å². The molecule has 58 heavy (non-hydrogen) atoms. The van der Waals surface area contributed by atoms with E-state index >= 15 is 0 Å². The quantitative estimate of drug-likeness (QED) is 0.0268. The van der Waals surface area contributed by atoms with E-state index in [1.54, 1.807) is 36.4 Å². The molecular weight excluding hydrogens is 731 g/mol. The molecule has 0 aromatic heterocycles. The zero-order chi connectivity index (χ0) is 41.0. The maximum atomic E-state index is 13.2. The normalized spacial score (nSPS) is 12.1. The lowest BCUT2D eigenvalue weighted by molar-refractivity contribution is -0.134. The van der Waals surface area contributed by atoms with E-state index in [4.69, 9.17) is 18.9 Å². The molecule has 1 aliphatic heterocycles. The number of rotatable bonds is 26. The van der Waals surface area contributed by atoms with Crippen LogP contribution in [0.5, 0.6) is 23.0 Å². The number of carbonyl (C=O) groups is 4. The predicted molar refractivity (Wildman–Crippen MR) is 227 cm³/mol. The Morgan fingerprint density at radius 2 is 0.879 bits per heavy atom. The van der Waals surface area contributed by atoms with E-state index in [2.05, 4.69) is 13.8 Å². The van der Waals surface area contributed by atoms with Gasteiger partial charge in [-0.15, -0.1) is 0 Å². The lowest BCUT2D eigenvalue weighted by Crippen LogP contribution is -2.36. The number of unbranched alkanes of at least 4 members (excludes halogenated alkanes) is 14. The van der Waals surface area contributed by atoms with Gasteiger partial charge in [0.15, 0.2) is 0 Å². The second-order valence-corrected chi connectivity index (χ2v) is 15.0. The van der Waals surface area contributed by atoms with Gasteiger partial charge in [0.2, 0.25) is 0 Å². The highest BCUT2D eigenvalue weighted by Crippen LogP contribution is 2.28. The van der Waals surface area contributed by atoms with Crippen molar-refractivity contribution in [1.82, 2.24) is 4.90 Å². The number of carbonyl (C=O) groups excluding carboxylic acids is 4. The summed E-state index contributed by atoms with van der Waals surface area (Å²) in [5.41, 5.74) is 2.16. The highest BCUT2D eigenvalue weighted by Gasteiger charge is 2.37. The Hall–Kier alpha value is -5.44. The molecule has 0 bridgehead atoms. The van der Waals surface area contributed by atoms with E-state index in [0.29, 0.717) is 24.7 Å². The summed E-state index contributed by atoms with van der Waals surface area (Å²) in [6.07, 6.45) is 19.8.